The zero-order valence-electron chi connectivity index (χ0n) is 13.3. The first kappa shape index (κ1) is 14.7. The quantitative estimate of drug-likeness (QED) is 0.796. The van der Waals surface area contributed by atoms with E-state index in [1.807, 2.05) is 0 Å². The third-order valence-corrected chi connectivity index (χ3v) is 4.85. The molecule has 1 aliphatic heterocycles. The van der Waals surface area contributed by atoms with Gasteiger partial charge in [-0.25, -0.2) is 9.97 Å². The molecule has 1 aromatic heterocycles. The molecule has 0 saturated carbocycles. The van der Waals surface area contributed by atoms with Crippen molar-refractivity contribution in [3.8, 4) is 0 Å². The highest BCUT2D eigenvalue weighted by atomic mass is 15.2. The lowest BCUT2D eigenvalue weighted by Gasteiger charge is -2.27. The molecule has 2 heterocycles. The summed E-state index contributed by atoms with van der Waals surface area (Å²) in [5.74, 6) is 1.64. The molecule has 5 heteroatoms. The van der Waals surface area contributed by atoms with Gasteiger partial charge in [0.2, 0.25) is 0 Å². The summed E-state index contributed by atoms with van der Waals surface area (Å²) in [6.45, 7) is 3.21. The number of nitrogen functional groups attached to an aromatic ring is 1. The number of anilines is 1. The van der Waals surface area contributed by atoms with Crippen molar-refractivity contribution in [2.45, 2.75) is 44.6 Å². The number of aromatic nitrogens is 2. The Bertz CT molecular complexity index is 502. The van der Waals surface area contributed by atoms with Crippen molar-refractivity contribution in [2.75, 3.05) is 39.5 Å². The summed E-state index contributed by atoms with van der Waals surface area (Å²) in [5.41, 5.74) is 8.67. The molecule has 116 valence electrons. The molecule has 1 atom stereocenters. The Morgan fingerprint density at radius 3 is 2.67 bits per heavy atom. The van der Waals surface area contributed by atoms with Gasteiger partial charge in [0.25, 0.3) is 0 Å². The Balaban J connectivity index is 1.94. The average Bonchev–Trinajstić information content (AvgIpc) is 2.78. The number of hydrogen-bond donors (Lipinski definition) is 1. The van der Waals surface area contributed by atoms with Crippen molar-refractivity contribution in [3.05, 3.63) is 17.1 Å². The summed E-state index contributed by atoms with van der Waals surface area (Å²) in [6.07, 6.45) is 7.01. The van der Waals surface area contributed by atoms with Crippen LogP contribution in [-0.4, -0.2) is 53.5 Å². The van der Waals surface area contributed by atoms with Crippen LogP contribution >= 0.6 is 0 Å². The van der Waals surface area contributed by atoms with Gasteiger partial charge in [0.1, 0.15) is 11.6 Å². The van der Waals surface area contributed by atoms with Crippen LogP contribution in [0.4, 0.5) is 5.82 Å². The number of nitrogens with zero attached hydrogens (tertiary/aromatic N) is 4. The summed E-state index contributed by atoms with van der Waals surface area (Å²) >= 11 is 0. The molecule has 2 aliphatic rings. The van der Waals surface area contributed by atoms with Gasteiger partial charge in [0.05, 0.1) is 6.04 Å². The third kappa shape index (κ3) is 3.19. The van der Waals surface area contributed by atoms with Crippen molar-refractivity contribution in [2.24, 2.45) is 0 Å². The van der Waals surface area contributed by atoms with Crippen LogP contribution in [0.3, 0.4) is 0 Å². The van der Waals surface area contributed by atoms with Gasteiger partial charge in [0.15, 0.2) is 0 Å². The Morgan fingerprint density at radius 1 is 1.00 bits per heavy atom. The molecule has 21 heavy (non-hydrogen) atoms. The second-order valence-electron chi connectivity index (χ2n) is 6.57. The van der Waals surface area contributed by atoms with Crippen LogP contribution in [0.15, 0.2) is 0 Å². The normalized spacial score (nSPS) is 25.1. The highest BCUT2D eigenvalue weighted by Gasteiger charge is 2.26. The van der Waals surface area contributed by atoms with Gasteiger partial charge in [0, 0.05) is 17.8 Å². The van der Waals surface area contributed by atoms with E-state index in [-0.39, 0.29) is 6.04 Å². The molecule has 1 aliphatic carbocycles. The second kappa shape index (κ2) is 6.28. The van der Waals surface area contributed by atoms with Crippen LogP contribution in [0.5, 0.6) is 0 Å². The lowest BCUT2D eigenvalue weighted by atomic mass is 10.1. The van der Waals surface area contributed by atoms with E-state index >= 15 is 0 Å². The molecule has 0 amide bonds. The van der Waals surface area contributed by atoms with Gasteiger partial charge in [-0.3, -0.25) is 4.90 Å². The molecule has 0 aromatic carbocycles. The maximum absolute atomic E-state index is 6.25. The summed E-state index contributed by atoms with van der Waals surface area (Å²) in [4.78, 5) is 14.4. The van der Waals surface area contributed by atoms with Crippen LogP contribution in [0.25, 0.3) is 0 Å². The van der Waals surface area contributed by atoms with Crippen molar-refractivity contribution in [1.29, 1.82) is 0 Å². The number of likely N-dealkylation sites (N-methyl/N-ethyl adjacent to an activating group) is 2. The minimum Gasteiger partial charge on any atom is -0.383 e. The van der Waals surface area contributed by atoms with Crippen molar-refractivity contribution >= 4 is 5.82 Å². The zero-order chi connectivity index (χ0) is 14.8. The lowest BCUT2D eigenvalue weighted by molar-refractivity contribution is 0.219. The SMILES string of the molecule is CN1CCCN(C)C(c2nc(N)c3c(n2)CCCCC3)C1. The average molecular weight is 289 g/mol. The van der Waals surface area contributed by atoms with Crippen LogP contribution in [-0.2, 0) is 12.8 Å². The molecule has 1 fully saturated rings. The monoisotopic (exact) mass is 289 g/mol. The van der Waals surface area contributed by atoms with Crippen LogP contribution in [0.1, 0.15) is 48.8 Å². The number of nitrogens with two attached hydrogens (primary N) is 1. The Kier molecular flexibility index (Phi) is 4.40. The Morgan fingerprint density at radius 2 is 1.81 bits per heavy atom. The van der Waals surface area contributed by atoms with Gasteiger partial charge in [-0.2, -0.15) is 0 Å². The van der Waals surface area contributed by atoms with Crippen molar-refractivity contribution in [3.63, 3.8) is 0 Å². The molecule has 3 rings (SSSR count). The number of aryl methyl sites for hydroxylation is 1. The zero-order valence-corrected chi connectivity index (χ0v) is 13.3. The number of hydrogen-bond acceptors (Lipinski definition) is 5. The molecule has 0 radical (unpaired) electrons. The van der Waals surface area contributed by atoms with Gasteiger partial charge >= 0.3 is 0 Å². The molecule has 0 bridgehead atoms. The molecule has 0 spiro atoms. The molecule has 1 unspecified atom stereocenters. The topological polar surface area (TPSA) is 58.3 Å². The fourth-order valence-corrected chi connectivity index (χ4v) is 3.52. The summed E-state index contributed by atoms with van der Waals surface area (Å²) in [6, 6.07) is 0.258. The number of fused-ring (bicyclic) bond motifs is 1. The minimum absolute atomic E-state index is 0.258. The fraction of sp³-hybridized carbons (Fsp3) is 0.750. The van der Waals surface area contributed by atoms with Crippen molar-refractivity contribution < 1.29 is 0 Å². The van der Waals surface area contributed by atoms with E-state index in [1.54, 1.807) is 0 Å². The molecule has 5 nitrogen and oxygen atoms in total. The smallest absolute Gasteiger partial charge is 0.149 e. The highest BCUT2D eigenvalue weighted by Crippen LogP contribution is 2.27. The first-order valence-electron chi connectivity index (χ1n) is 8.19. The van der Waals surface area contributed by atoms with E-state index in [2.05, 4.69) is 28.9 Å². The van der Waals surface area contributed by atoms with E-state index in [0.717, 1.165) is 44.1 Å². The first-order valence-corrected chi connectivity index (χ1v) is 8.19. The maximum Gasteiger partial charge on any atom is 0.149 e. The van der Waals surface area contributed by atoms with Gasteiger partial charge in [-0.1, -0.05) is 6.42 Å². The van der Waals surface area contributed by atoms with Crippen molar-refractivity contribution in [1.82, 2.24) is 19.8 Å². The van der Waals surface area contributed by atoms with E-state index in [1.165, 1.54) is 36.9 Å². The number of rotatable bonds is 1. The summed E-state index contributed by atoms with van der Waals surface area (Å²) in [7, 11) is 4.36. The van der Waals surface area contributed by atoms with E-state index in [9.17, 15) is 0 Å². The standard InChI is InChI=1S/C16H27N5/c1-20-9-6-10-21(2)14(11-20)16-18-13-8-5-3-4-7-12(13)15(17)19-16/h14H,3-11H2,1-2H3,(H2,17,18,19). The second-order valence-corrected chi connectivity index (χ2v) is 6.57. The van der Waals surface area contributed by atoms with E-state index in [4.69, 9.17) is 10.7 Å². The Labute approximate surface area is 127 Å². The van der Waals surface area contributed by atoms with Crippen LogP contribution < -0.4 is 5.73 Å². The largest absolute Gasteiger partial charge is 0.383 e. The van der Waals surface area contributed by atoms with Gasteiger partial charge in [-0.15, -0.1) is 0 Å². The fourth-order valence-electron chi connectivity index (χ4n) is 3.52. The van der Waals surface area contributed by atoms with Crippen LogP contribution in [0, 0.1) is 0 Å². The maximum atomic E-state index is 6.25. The van der Waals surface area contributed by atoms with Crippen LogP contribution in [0.2, 0.25) is 0 Å². The molecular weight excluding hydrogens is 262 g/mol. The summed E-state index contributed by atoms with van der Waals surface area (Å²) < 4.78 is 0. The van der Waals surface area contributed by atoms with Gasteiger partial charge < -0.3 is 10.6 Å². The summed E-state index contributed by atoms with van der Waals surface area (Å²) in [5, 5.41) is 0. The third-order valence-electron chi connectivity index (χ3n) is 4.85. The predicted molar refractivity (Wildman–Crippen MR) is 85.2 cm³/mol. The van der Waals surface area contributed by atoms with E-state index in [0.29, 0.717) is 0 Å². The minimum atomic E-state index is 0.258. The first-order chi connectivity index (χ1) is 10.1. The molecule has 2 N–H and O–H groups in total. The van der Waals surface area contributed by atoms with E-state index < -0.39 is 0 Å². The molecule has 1 aromatic rings. The van der Waals surface area contributed by atoms with Gasteiger partial charge in [-0.05, 0) is 59.3 Å². The Hall–Kier alpha value is -1.20. The highest BCUT2D eigenvalue weighted by molar-refractivity contribution is 5.43. The molecule has 1 saturated heterocycles. The predicted octanol–water partition coefficient (Wildman–Crippen LogP) is 1.64. The molecular formula is C16H27N5. The lowest BCUT2D eigenvalue weighted by Crippen LogP contribution is -2.32.